The molecule has 0 rings (SSSR count). The number of hydrogen-bond acceptors (Lipinski definition) is 2. The quantitative estimate of drug-likeness (QED) is 0.507. The molecule has 3 nitrogen and oxygen atoms in total. The van der Waals surface area contributed by atoms with Crippen molar-refractivity contribution in [2.45, 2.75) is 61.3 Å². The van der Waals surface area contributed by atoms with E-state index in [1.54, 1.807) is 26.1 Å². The second-order valence-electron chi connectivity index (χ2n) is 7.18. The molecule has 136 valence electrons. The molecule has 0 aliphatic rings. The summed E-state index contributed by atoms with van der Waals surface area (Å²) in [4.78, 5) is 24.9. The van der Waals surface area contributed by atoms with Crippen LogP contribution in [-0.4, -0.2) is 18.7 Å². The van der Waals surface area contributed by atoms with Crippen molar-refractivity contribution in [3.05, 3.63) is 33.9 Å². The van der Waals surface area contributed by atoms with Crippen LogP contribution in [0.15, 0.2) is 33.9 Å². The van der Waals surface area contributed by atoms with Gasteiger partial charge in [-0.15, -0.1) is 0 Å². The van der Waals surface area contributed by atoms with Gasteiger partial charge < -0.3 is 5.32 Å². The van der Waals surface area contributed by atoms with Gasteiger partial charge in [-0.05, 0) is 44.3 Å². The zero-order valence-corrected chi connectivity index (χ0v) is 17.1. The summed E-state index contributed by atoms with van der Waals surface area (Å²) in [5.74, 6) is -0.316. The molecule has 1 unspecified atom stereocenters. The number of Topliss-reactive ketones (excluding diaryl/α,β-unsaturated/α-hetero) is 1. The summed E-state index contributed by atoms with van der Waals surface area (Å²) >= 11 is 6.35. The molecule has 0 aromatic heterocycles. The molecule has 0 heterocycles. The first-order chi connectivity index (χ1) is 11.0. The van der Waals surface area contributed by atoms with Gasteiger partial charge in [0.25, 0.3) is 0 Å². The molecular formula is C20H32ClNO2. The number of carbonyl (C=O) groups excluding carboxylic acids is 2. The largest absolute Gasteiger partial charge is 0.355 e. The minimum atomic E-state index is -0.204. The molecule has 1 N–H and O–H groups in total. The molecule has 0 bridgehead atoms. The Labute approximate surface area is 152 Å². The van der Waals surface area contributed by atoms with E-state index in [4.69, 9.17) is 11.6 Å². The highest BCUT2D eigenvalue weighted by Gasteiger charge is 2.31. The van der Waals surface area contributed by atoms with E-state index in [1.807, 2.05) is 20.8 Å². The van der Waals surface area contributed by atoms with Gasteiger partial charge in [0.05, 0.1) is 0 Å². The van der Waals surface area contributed by atoms with Crippen molar-refractivity contribution in [3.63, 3.8) is 0 Å². The SMILES string of the molecule is CC/C(C)=C(Cl)/C=C(\C=C(/C)C(=O)NC)C(=O)C(CC)C(C)(C)C. The van der Waals surface area contributed by atoms with Crippen LogP contribution in [0.5, 0.6) is 0 Å². The standard InChI is InChI=1S/C20H32ClNO2/c1-9-13(3)17(21)12-15(11-14(4)19(24)22-8)18(23)16(10-2)20(5,6)7/h11-12,16H,9-10H2,1-8H3,(H,22,24)/b14-11+,15-12+,17-13-. The summed E-state index contributed by atoms with van der Waals surface area (Å²) in [7, 11) is 1.57. The molecule has 24 heavy (non-hydrogen) atoms. The van der Waals surface area contributed by atoms with Crippen molar-refractivity contribution in [2.75, 3.05) is 7.05 Å². The Hall–Kier alpha value is -1.35. The summed E-state index contributed by atoms with van der Waals surface area (Å²) in [5, 5.41) is 3.14. The van der Waals surface area contributed by atoms with E-state index in [-0.39, 0.29) is 23.0 Å². The number of ketones is 1. The number of allylic oxidation sites excluding steroid dienone is 5. The number of rotatable bonds is 7. The van der Waals surface area contributed by atoms with E-state index < -0.39 is 0 Å². The van der Waals surface area contributed by atoms with Crippen LogP contribution >= 0.6 is 11.6 Å². The molecule has 0 aromatic rings. The minimum Gasteiger partial charge on any atom is -0.355 e. The summed E-state index contributed by atoms with van der Waals surface area (Å²) in [5.41, 5.74) is 1.82. The van der Waals surface area contributed by atoms with E-state index in [9.17, 15) is 9.59 Å². The molecule has 1 amide bonds. The fourth-order valence-electron chi connectivity index (χ4n) is 2.50. The third kappa shape index (κ3) is 6.64. The van der Waals surface area contributed by atoms with Crippen LogP contribution in [-0.2, 0) is 9.59 Å². The summed E-state index contributed by atoms with van der Waals surface area (Å²) < 4.78 is 0. The van der Waals surface area contributed by atoms with Crippen molar-refractivity contribution in [1.29, 1.82) is 0 Å². The van der Waals surface area contributed by atoms with Crippen molar-refractivity contribution >= 4 is 23.3 Å². The number of likely N-dealkylation sites (N-methyl/N-ethyl adjacent to an activating group) is 1. The van der Waals surface area contributed by atoms with Gasteiger partial charge in [-0.2, -0.15) is 0 Å². The highest BCUT2D eigenvalue weighted by molar-refractivity contribution is 6.32. The zero-order valence-electron chi connectivity index (χ0n) is 16.3. The average Bonchev–Trinajstić information content (AvgIpc) is 2.51. The lowest BCUT2D eigenvalue weighted by atomic mass is 9.74. The van der Waals surface area contributed by atoms with Crippen molar-refractivity contribution in [2.24, 2.45) is 11.3 Å². The van der Waals surface area contributed by atoms with Crippen molar-refractivity contribution < 1.29 is 9.59 Å². The zero-order chi connectivity index (χ0) is 19.1. The third-order valence-corrected chi connectivity index (χ3v) is 4.66. The maximum atomic E-state index is 13.1. The molecule has 0 saturated heterocycles. The second kappa shape index (κ2) is 9.83. The lowest BCUT2D eigenvalue weighted by Gasteiger charge is -2.29. The number of nitrogens with one attached hydrogen (secondary N) is 1. The average molecular weight is 354 g/mol. The smallest absolute Gasteiger partial charge is 0.246 e. The number of amides is 1. The summed E-state index contributed by atoms with van der Waals surface area (Å²) in [6.07, 6.45) is 4.89. The lowest BCUT2D eigenvalue weighted by molar-refractivity contribution is -0.122. The van der Waals surface area contributed by atoms with Crippen LogP contribution < -0.4 is 5.32 Å². The van der Waals surface area contributed by atoms with E-state index in [1.165, 1.54) is 0 Å². The molecular weight excluding hydrogens is 322 g/mol. The predicted octanol–water partition coefficient (Wildman–Crippen LogP) is 5.17. The van der Waals surface area contributed by atoms with Gasteiger partial charge in [-0.25, -0.2) is 0 Å². The first-order valence-electron chi connectivity index (χ1n) is 8.51. The normalized spacial score (nSPS) is 15.7. The second-order valence-corrected chi connectivity index (χ2v) is 7.59. The first kappa shape index (κ1) is 22.6. The van der Waals surface area contributed by atoms with E-state index in [0.717, 1.165) is 18.4 Å². The fourth-order valence-corrected chi connectivity index (χ4v) is 2.75. The van der Waals surface area contributed by atoms with Gasteiger partial charge >= 0.3 is 0 Å². The molecule has 0 aliphatic carbocycles. The Morgan fingerprint density at radius 3 is 2.04 bits per heavy atom. The summed E-state index contributed by atoms with van der Waals surface area (Å²) in [6, 6.07) is 0. The number of halogens is 1. The first-order valence-corrected chi connectivity index (χ1v) is 8.88. The van der Waals surface area contributed by atoms with Gasteiger partial charge in [0.1, 0.15) is 0 Å². The van der Waals surface area contributed by atoms with E-state index in [0.29, 0.717) is 16.2 Å². The van der Waals surface area contributed by atoms with Crippen LogP contribution in [0.25, 0.3) is 0 Å². The number of hydrogen-bond donors (Lipinski definition) is 1. The molecule has 0 fully saturated rings. The Morgan fingerprint density at radius 1 is 1.12 bits per heavy atom. The third-order valence-electron chi connectivity index (χ3n) is 4.23. The van der Waals surface area contributed by atoms with E-state index >= 15 is 0 Å². The molecule has 1 atom stereocenters. The van der Waals surface area contributed by atoms with E-state index in [2.05, 4.69) is 26.1 Å². The van der Waals surface area contributed by atoms with Gasteiger partial charge in [0.15, 0.2) is 5.78 Å². The molecule has 0 aromatic carbocycles. The molecule has 0 radical (unpaired) electrons. The topological polar surface area (TPSA) is 46.2 Å². The number of carbonyl (C=O) groups is 2. The van der Waals surface area contributed by atoms with Crippen molar-refractivity contribution in [1.82, 2.24) is 5.32 Å². The van der Waals surface area contributed by atoms with Crippen molar-refractivity contribution in [3.8, 4) is 0 Å². The molecule has 4 heteroatoms. The van der Waals surface area contributed by atoms with Gasteiger partial charge in [0, 0.05) is 29.1 Å². The van der Waals surface area contributed by atoms with Crippen LogP contribution in [0, 0.1) is 11.3 Å². The van der Waals surface area contributed by atoms with Crippen LogP contribution in [0.1, 0.15) is 61.3 Å². The van der Waals surface area contributed by atoms with Gasteiger partial charge in [-0.3, -0.25) is 9.59 Å². The lowest BCUT2D eigenvalue weighted by Crippen LogP contribution is -2.29. The molecule has 0 saturated carbocycles. The fraction of sp³-hybridized carbons (Fsp3) is 0.600. The Morgan fingerprint density at radius 2 is 1.67 bits per heavy atom. The van der Waals surface area contributed by atoms with Gasteiger partial charge in [0.2, 0.25) is 5.91 Å². The Bertz CT molecular complexity index is 563. The minimum absolute atomic E-state index is 0.0234. The predicted molar refractivity (Wildman–Crippen MR) is 103 cm³/mol. The Balaban J connectivity index is 6.12. The monoisotopic (exact) mass is 353 g/mol. The highest BCUT2D eigenvalue weighted by Crippen LogP contribution is 2.32. The molecule has 0 spiro atoms. The summed E-state index contributed by atoms with van der Waals surface area (Å²) in [6.45, 7) is 13.8. The van der Waals surface area contributed by atoms with Crippen LogP contribution in [0.4, 0.5) is 0 Å². The van der Waals surface area contributed by atoms with Crippen LogP contribution in [0.2, 0.25) is 0 Å². The van der Waals surface area contributed by atoms with Crippen LogP contribution in [0.3, 0.4) is 0 Å². The Kier molecular flexibility index (Phi) is 9.27. The molecule has 0 aliphatic heterocycles. The maximum Gasteiger partial charge on any atom is 0.246 e. The highest BCUT2D eigenvalue weighted by atomic mass is 35.5. The maximum absolute atomic E-state index is 13.1. The van der Waals surface area contributed by atoms with Gasteiger partial charge in [-0.1, -0.05) is 51.8 Å².